The summed E-state index contributed by atoms with van der Waals surface area (Å²) in [5, 5.41) is 0. The first-order chi connectivity index (χ1) is 43.6. The molecule has 0 fully saturated rings. The van der Waals surface area contributed by atoms with Gasteiger partial charge in [0.1, 0.15) is 0 Å². The van der Waals surface area contributed by atoms with Gasteiger partial charge in [0, 0.05) is 21.7 Å². The molecule has 0 aliphatic heterocycles. The summed E-state index contributed by atoms with van der Waals surface area (Å²) >= 11 is 0. The van der Waals surface area contributed by atoms with Gasteiger partial charge in [0.05, 0.1) is 0 Å². The van der Waals surface area contributed by atoms with Crippen LogP contribution < -0.4 is 0 Å². The normalized spacial score (nSPS) is 15.0. The first-order valence-electron chi connectivity index (χ1n) is 32.2. The van der Waals surface area contributed by atoms with E-state index in [1.165, 1.54) is 178 Å². The van der Waals surface area contributed by atoms with Crippen LogP contribution in [0.2, 0.25) is 0 Å². The topological polar surface area (TPSA) is 0 Å². The fourth-order valence-electron chi connectivity index (χ4n) is 16.5. The lowest BCUT2D eigenvalue weighted by molar-refractivity contribution is 0.660. The smallest absolute Gasteiger partial charge is 0.0159 e. The van der Waals surface area contributed by atoms with Crippen LogP contribution >= 0.6 is 0 Å². The van der Waals surface area contributed by atoms with Crippen LogP contribution in [0.5, 0.6) is 0 Å². The Bertz CT molecular complexity index is 4470. The van der Waals surface area contributed by atoms with Gasteiger partial charge in [-0.15, -0.1) is 0 Å². The van der Waals surface area contributed by atoms with E-state index in [1.807, 2.05) is 0 Å². The van der Waals surface area contributed by atoms with E-state index in [-0.39, 0.29) is 21.7 Å². The van der Waals surface area contributed by atoms with Gasteiger partial charge in [-0.3, -0.25) is 0 Å². The molecular weight excluding hydrogens is 1080 g/mol. The maximum Gasteiger partial charge on any atom is 0.0159 e. The third-order valence-corrected chi connectivity index (χ3v) is 21.6. The first kappa shape index (κ1) is 54.0. The molecule has 13 aromatic rings. The molecule has 0 heteroatoms. The van der Waals surface area contributed by atoms with E-state index < -0.39 is 0 Å². The Morgan fingerprint density at radius 1 is 0.133 bits per heavy atom. The monoisotopic (exact) mass is 1150 g/mol. The molecule has 0 aromatic heterocycles. The molecule has 0 unspecified atom stereocenters. The summed E-state index contributed by atoms with van der Waals surface area (Å²) in [6, 6.07) is 107. The van der Waals surface area contributed by atoms with E-state index in [4.69, 9.17) is 0 Å². The van der Waals surface area contributed by atoms with Crippen LogP contribution in [0.4, 0.5) is 0 Å². The zero-order valence-electron chi connectivity index (χ0n) is 52.6. The zero-order chi connectivity index (χ0) is 61.0. The Morgan fingerprint density at radius 3 is 0.511 bits per heavy atom. The summed E-state index contributed by atoms with van der Waals surface area (Å²) in [5.74, 6) is 0. The number of rotatable bonds is 8. The number of benzene rings is 13. The van der Waals surface area contributed by atoms with Crippen LogP contribution in [0.3, 0.4) is 0 Å². The average Bonchev–Trinajstić information content (AvgIpc) is 1.61. The lowest BCUT2D eigenvalue weighted by Crippen LogP contribution is -2.14. The third kappa shape index (κ3) is 8.13. The molecule has 0 saturated carbocycles. The largest absolute Gasteiger partial charge is 0.0619 e. The summed E-state index contributed by atoms with van der Waals surface area (Å²) in [6.07, 6.45) is 0. The number of hydrogen-bond acceptors (Lipinski definition) is 0. The highest BCUT2D eigenvalue weighted by molar-refractivity contribution is 5.97. The van der Waals surface area contributed by atoms with Gasteiger partial charge in [-0.25, -0.2) is 0 Å². The average molecular weight is 1150 g/mol. The molecule has 4 aliphatic rings. The molecule has 0 amide bonds. The molecule has 430 valence electrons. The highest BCUT2D eigenvalue weighted by Gasteiger charge is 2.39. The van der Waals surface area contributed by atoms with Crippen LogP contribution in [-0.2, 0) is 21.7 Å². The molecular formula is C90H70. The van der Waals surface area contributed by atoms with E-state index >= 15 is 0 Å². The van der Waals surface area contributed by atoms with Crippen molar-refractivity contribution in [1.29, 1.82) is 0 Å². The van der Waals surface area contributed by atoms with Crippen molar-refractivity contribution in [2.45, 2.75) is 77.0 Å². The van der Waals surface area contributed by atoms with Gasteiger partial charge in [0.15, 0.2) is 0 Å². The Kier molecular flexibility index (Phi) is 11.8. The van der Waals surface area contributed by atoms with Crippen molar-refractivity contribution in [2.75, 3.05) is 0 Å². The second-order valence-corrected chi connectivity index (χ2v) is 28.0. The molecule has 0 bridgehead atoms. The molecule has 0 radical (unpaired) electrons. The second-order valence-electron chi connectivity index (χ2n) is 28.0. The van der Waals surface area contributed by atoms with Gasteiger partial charge >= 0.3 is 0 Å². The van der Waals surface area contributed by atoms with Crippen LogP contribution in [-0.4, -0.2) is 0 Å². The highest BCUT2D eigenvalue weighted by atomic mass is 14.4. The summed E-state index contributed by atoms with van der Waals surface area (Å²) in [6.45, 7) is 19.0. The van der Waals surface area contributed by atoms with Crippen LogP contribution in [0.25, 0.3) is 134 Å². The Hall–Kier alpha value is -10.1. The fraction of sp³-hybridized carbons (Fsp3) is 0.133. The maximum absolute atomic E-state index is 2.49. The lowest BCUT2D eigenvalue weighted by Gasteiger charge is -2.22. The fourth-order valence-corrected chi connectivity index (χ4v) is 16.5. The quantitative estimate of drug-likeness (QED) is 0.142. The minimum atomic E-state index is -0.0807. The highest BCUT2D eigenvalue weighted by Crippen LogP contribution is 2.55. The van der Waals surface area contributed by atoms with Crippen molar-refractivity contribution >= 4 is 0 Å². The van der Waals surface area contributed by atoms with Crippen molar-refractivity contribution in [3.8, 4) is 134 Å². The van der Waals surface area contributed by atoms with Gasteiger partial charge in [0.2, 0.25) is 0 Å². The van der Waals surface area contributed by atoms with E-state index in [1.54, 1.807) is 0 Å². The molecule has 0 N–H and O–H groups in total. The third-order valence-electron chi connectivity index (χ3n) is 21.6. The molecule has 4 aliphatic carbocycles. The van der Waals surface area contributed by atoms with Gasteiger partial charge < -0.3 is 0 Å². The van der Waals surface area contributed by atoms with Crippen LogP contribution in [0.1, 0.15) is 99.9 Å². The van der Waals surface area contributed by atoms with Gasteiger partial charge in [-0.05, 0) is 214 Å². The van der Waals surface area contributed by atoms with Crippen molar-refractivity contribution in [1.82, 2.24) is 0 Å². The molecule has 17 rings (SSSR count). The maximum atomic E-state index is 2.49. The molecule has 13 aromatic carbocycles. The van der Waals surface area contributed by atoms with E-state index in [0.717, 1.165) is 0 Å². The minimum absolute atomic E-state index is 0.0807. The summed E-state index contributed by atoms with van der Waals surface area (Å²) in [4.78, 5) is 0. The van der Waals surface area contributed by atoms with Crippen LogP contribution in [0, 0.1) is 0 Å². The van der Waals surface area contributed by atoms with E-state index in [2.05, 4.69) is 334 Å². The molecule has 0 heterocycles. The van der Waals surface area contributed by atoms with Crippen molar-refractivity contribution in [2.24, 2.45) is 0 Å². The van der Waals surface area contributed by atoms with Crippen LogP contribution in [0.15, 0.2) is 279 Å². The van der Waals surface area contributed by atoms with Crippen molar-refractivity contribution in [3.63, 3.8) is 0 Å². The summed E-state index contributed by atoms with van der Waals surface area (Å²) in [7, 11) is 0. The summed E-state index contributed by atoms with van der Waals surface area (Å²) < 4.78 is 0. The standard InChI is InChI=1S/C90H70/c1-87(2)79-21-13-9-17-67(79)71-45-41-63(49-83(71)87)55-25-33-59(34-26-55)75-53-77(61-37-29-57(30-38-61)65-43-47-73-69-19-11-15-23-81(69)89(5,6)85(73)51-65)78(62-39-31-58(32-40-62)66-44-48-74-70-20-12-16-24-82(70)90(7,8)86(74)52-66)54-76(75)60-35-27-56(28-36-60)64-42-46-72-68-18-10-14-22-80(68)88(3,4)84(72)50-64/h9-54H,1-8H3. The van der Waals surface area contributed by atoms with Gasteiger partial charge in [-0.1, -0.05) is 298 Å². The van der Waals surface area contributed by atoms with Crippen molar-refractivity contribution < 1.29 is 0 Å². The number of fused-ring (bicyclic) bond motifs is 12. The summed E-state index contributed by atoms with van der Waals surface area (Å²) in [5.41, 5.74) is 40.8. The van der Waals surface area contributed by atoms with E-state index in [9.17, 15) is 0 Å². The zero-order valence-corrected chi connectivity index (χ0v) is 52.6. The number of hydrogen-bond donors (Lipinski definition) is 0. The second kappa shape index (κ2) is 19.7. The lowest BCUT2D eigenvalue weighted by atomic mass is 9.81. The van der Waals surface area contributed by atoms with Crippen molar-refractivity contribution in [3.05, 3.63) is 324 Å². The minimum Gasteiger partial charge on any atom is -0.0619 e. The molecule has 0 atom stereocenters. The SMILES string of the molecule is CC1(C)c2ccccc2-c2ccc(-c3ccc(-c4cc(-c5ccc(-c6ccc7c(c6)C(C)(C)c6ccccc6-7)cc5)c(-c5ccc(-c6ccc7c(c6)C(C)(C)c6ccccc6-7)cc5)cc4-c4ccc(-c5ccc6c(c5)C(C)(C)c5ccccc5-6)cc4)cc3)cc21. The predicted molar refractivity (Wildman–Crippen MR) is 380 cm³/mol. The molecule has 0 nitrogen and oxygen atoms in total. The Balaban J connectivity index is 0.805. The van der Waals surface area contributed by atoms with Gasteiger partial charge in [-0.2, -0.15) is 0 Å². The molecule has 0 spiro atoms. The Labute approximate surface area is 530 Å². The van der Waals surface area contributed by atoms with E-state index in [0.29, 0.717) is 0 Å². The predicted octanol–water partition coefficient (Wildman–Crippen LogP) is 24.2. The molecule has 90 heavy (non-hydrogen) atoms. The first-order valence-corrected chi connectivity index (χ1v) is 32.2. The van der Waals surface area contributed by atoms with Gasteiger partial charge in [0.25, 0.3) is 0 Å². The Morgan fingerprint density at radius 2 is 0.300 bits per heavy atom. The molecule has 0 saturated heterocycles.